The summed E-state index contributed by atoms with van der Waals surface area (Å²) in [5.41, 5.74) is 1.06. The van der Waals surface area contributed by atoms with E-state index in [1.807, 2.05) is 42.5 Å². The Morgan fingerprint density at radius 3 is 2.52 bits per heavy atom. The quantitative estimate of drug-likeness (QED) is 0.177. The van der Waals surface area contributed by atoms with Gasteiger partial charge in [0.25, 0.3) is 0 Å². The van der Waals surface area contributed by atoms with Crippen LogP contribution in [-0.2, 0) is 15.8 Å². The number of phosphoric ester groups is 1. The fraction of sp³-hybridized carbons (Fsp3) is 0.105. The Kier molecular flexibility index (Phi) is 9.98. The predicted octanol–water partition coefficient (Wildman–Crippen LogP) is -1.83. The van der Waals surface area contributed by atoms with Crippen molar-refractivity contribution in [3.8, 4) is 11.5 Å². The third kappa shape index (κ3) is 6.29. The van der Waals surface area contributed by atoms with Crippen LogP contribution in [0.15, 0.2) is 59.8 Å². The molecule has 4 aromatic rings. The summed E-state index contributed by atoms with van der Waals surface area (Å²) in [4.78, 5) is 26.2. The average Bonchev–Trinajstić information content (AvgIpc) is 3.03. The zero-order valence-corrected chi connectivity index (χ0v) is 23.5. The minimum atomic E-state index is -5.12. The van der Waals surface area contributed by atoms with E-state index in [2.05, 4.69) is 9.51 Å². The van der Waals surface area contributed by atoms with Crippen molar-refractivity contribution in [2.24, 2.45) is 0 Å². The molecular formula is C19H14ClN2Na2O5PS. The summed E-state index contributed by atoms with van der Waals surface area (Å²) < 4.78 is 22.8. The summed E-state index contributed by atoms with van der Waals surface area (Å²) in [6, 6.07) is 16.8. The zero-order chi connectivity index (χ0) is 20.6. The third-order valence-electron chi connectivity index (χ3n) is 4.26. The van der Waals surface area contributed by atoms with Crippen molar-refractivity contribution in [1.29, 1.82) is 0 Å². The Bertz CT molecular complexity index is 1260. The Hall–Kier alpha value is -0.0600. The maximum absolute atomic E-state index is 10.9. The second-order valence-electron chi connectivity index (χ2n) is 6.08. The number of hydrogen-bond acceptors (Lipinski definition) is 7. The van der Waals surface area contributed by atoms with Crippen LogP contribution in [-0.4, -0.2) is 15.8 Å². The molecule has 0 radical (unpaired) electrons. The number of phosphoric acid groups is 1. The molecule has 0 saturated carbocycles. The molecule has 0 N–H and O–H groups in total. The van der Waals surface area contributed by atoms with Crippen LogP contribution < -0.4 is 73.6 Å². The molecule has 0 bridgehead atoms. The predicted molar refractivity (Wildman–Crippen MR) is 109 cm³/mol. The van der Waals surface area contributed by atoms with E-state index >= 15 is 0 Å². The van der Waals surface area contributed by atoms with Gasteiger partial charge in [0.1, 0.15) is 18.2 Å². The Labute approximate surface area is 232 Å². The molecule has 0 aliphatic rings. The van der Waals surface area contributed by atoms with Crippen LogP contribution in [0.3, 0.4) is 0 Å². The minimum Gasteiger partial charge on any atom is -0.790 e. The molecule has 12 heteroatoms. The zero-order valence-electron chi connectivity index (χ0n) is 17.1. The normalized spacial score (nSPS) is 11.2. The van der Waals surface area contributed by atoms with Crippen LogP contribution in [0.25, 0.3) is 21.8 Å². The fourth-order valence-corrected chi connectivity index (χ4v) is 4.01. The maximum atomic E-state index is 10.9. The molecule has 3 aromatic carbocycles. The molecule has 150 valence electrons. The van der Waals surface area contributed by atoms with E-state index in [1.54, 1.807) is 18.4 Å². The molecule has 1 heterocycles. The molecule has 0 atom stereocenters. The van der Waals surface area contributed by atoms with Crippen molar-refractivity contribution in [2.75, 3.05) is 6.26 Å². The summed E-state index contributed by atoms with van der Waals surface area (Å²) in [5.74, 6) is 1.06. The number of fused-ring (bicyclic) bond motifs is 2. The van der Waals surface area contributed by atoms with Crippen LogP contribution in [0.1, 0.15) is 0 Å². The van der Waals surface area contributed by atoms with Gasteiger partial charge in [0.15, 0.2) is 5.16 Å². The van der Waals surface area contributed by atoms with Crippen LogP contribution >= 0.6 is 31.2 Å². The van der Waals surface area contributed by atoms with Gasteiger partial charge < -0.3 is 23.6 Å². The number of rotatable bonds is 6. The molecule has 0 unspecified atom stereocenters. The maximum Gasteiger partial charge on any atom is 1.00 e. The molecule has 0 amide bonds. The second kappa shape index (κ2) is 11.4. The number of hydrogen-bond donors (Lipinski definition) is 0. The van der Waals surface area contributed by atoms with E-state index in [-0.39, 0.29) is 59.1 Å². The van der Waals surface area contributed by atoms with Gasteiger partial charge in [-0.3, -0.25) is 4.57 Å². The number of halogens is 1. The fourth-order valence-electron chi connectivity index (χ4n) is 2.99. The SMILES string of the molecule is CSc1nc2cc(Oc3cccc4ccccc34)c(Cl)cc2n1COP(=O)([O-])[O-].[Na+].[Na+]. The van der Waals surface area contributed by atoms with Crippen LogP contribution in [0.4, 0.5) is 0 Å². The number of thioether (sulfide) groups is 1. The number of benzene rings is 3. The third-order valence-corrected chi connectivity index (χ3v) is 5.67. The summed E-state index contributed by atoms with van der Waals surface area (Å²) >= 11 is 7.71. The monoisotopic (exact) mass is 494 g/mol. The van der Waals surface area contributed by atoms with E-state index in [0.29, 0.717) is 32.7 Å². The van der Waals surface area contributed by atoms with Crippen LogP contribution in [0.2, 0.25) is 5.02 Å². The summed E-state index contributed by atoms with van der Waals surface area (Å²) in [5, 5.41) is 2.77. The molecule has 1 aromatic heterocycles. The van der Waals surface area contributed by atoms with Gasteiger partial charge in [-0.05, 0) is 23.8 Å². The molecule has 0 fully saturated rings. The summed E-state index contributed by atoms with van der Waals surface area (Å²) in [6.45, 7) is -0.475. The average molecular weight is 495 g/mol. The first kappa shape index (κ1) is 27.2. The molecule has 31 heavy (non-hydrogen) atoms. The Balaban J connectivity index is 0.00000171. The number of aromatic nitrogens is 2. The summed E-state index contributed by atoms with van der Waals surface area (Å²) in [6.07, 6.45) is 1.78. The van der Waals surface area contributed by atoms with Crippen molar-refractivity contribution in [1.82, 2.24) is 9.55 Å². The van der Waals surface area contributed by atoms with Crippen molar-refractivity contribution in [2.45, 2.75) is 11.9 Å². The summed E-state index contributed by atoms with van der Waals surface area (Å²) in [7, 11) is -5.12. The first-order chi connectivity index (χ1) is 13.9. The van der Waals surface area contributed by atoms with E-state index in [1.165, 1.54) is 16.3 Å². The van der Waals surface area contributed by atoms with Crippen LogP contribution in [0, 0.1) is 0 Å². The second-order valence-corrected chi connectivity index (χ2v) is 8.42. The van der Waals surface area contributed by atoms with Gasteiger partial charge in [0, 0.05) is 11.5 Å². The van der Waals surface area contributed by atoms with Gasteiger partial charge in [-0.1, -0.05) is 59.8 Å². The number of ether oxygens (including phenoxy) is 1. The van der Waals surface area contributed by atoms with Gasteiger partial charge in [0.2, 0.25) is 0 Å². The number of nitrogens with zero attached hydrogens (tertiary/aromatic N) is 2. The minimum absolute atomic E-state index is 0. The van der Waals surface area contributed by atoms with E-state index < -0.39 is 14.6 Å². The molecular weight excluding hydrogens is 481 g/mol. The number of imidazole rings is 1. The molecule has 0 spiro atoms. The van der Waals surface area contributed by atoms with Crippen molar-refractivity contribution in [3.05, 3.63) is 59.6 Å². The molecule has 4 rings (SSSR count). The smallest absolute Gasteiger partial charge is 0.790 e. The van der Waals surface area contributed by atoms with Crippen molar-refractivity contribution in [3.63, 3.8) is 0 Å². The molecule has 7 nitrogen and oxygen atoms in total. The van der Waals surface area contributed by atoms with Gasteiger partial charge in [-0.15, -0.1) is 0 Å². The molecule has 0 aliphatic carbocycles. The molecule has 0 saturated heterocycles. The van der Waals surface area contributed by atoms with Crippen LogP contribution in [0.5, 0.6) is 11.5 Å². The Morgan fingerprint density at radius 2 is 1.81 bits per heavy atom. The van der Waals surface area contributed by atoms with Gasteiger partial charge in [0.05, 0.1) is 23.9 Å². The Morgan fingerprint density at radius 1 is 1.10 bits per heavy atom. The van der Waals surface area contributed by atoms with Crippen molar-refractivity contribution >= 4 is 53.0 Å². The largest absolute Gasteiger partial charge is 1.00 e. The van der Waals surface area contributed by atoms with E-state index in [9.17, 15) is 14.4 Å². The molecule has 0 aliphatic heterocycles. The van der Waals surface area contributed by atoms with E-state index in [0.717, 1.165) is 10.8 Å². The first-order valence-corrected chi connectivity index (χ1v) is 11.5. The van der Waals surface area contributed by atoms with Gasteiger partial charge in [-0.25, -0.2) is 4.98 Å². The topological polar surface area (TPSA) is 99.5 Å². The van der Waals surface area contributed by atoms with E-state index in [4.69, 9.17) is 16.3 Å². The van der Waals surface area contributed by atoms with Gasteiger partial charge in [-0.2, -0.15) is 0 Å². The van der Waals surface area contributed by atoms with Crippen molar-refractivity contribution < 1.29 is 82.7 Å². The van der Waals surface area contributed by atoms with Gasteiger partial charge >= 0.3 is 59.1 Å². The first-order valence-electron chi connectivity index (χ1n) is 8.42. The standard InChI is InChI=1S/C19H16ClN2O5PS.2Na/c1-29-19-21-15-10-18(14(20)9-16(15)22(19)11-26-28(23,24)25)27-17-8-4-6-12-5-2-3-7-13(12)17;;/h2-10H,11H2,1H3,(H2,23,24,25);;/q;2*+1/p-2.